The van der Waals surface area contributed by atoms with Gasteiger partial charge in [-0.25, -0.2) is 4.39 Å². The van der Waals surface area contributed by atoms with E-state index in [-0.39, 0.29) is 23.7 Å². The molecule has 1 aliphatic carbocycles. The molecule has 0 aliphatic heterocycles. The zero-order valence-electron chi connectivity index (χ0n) is 16.8. The number of hydrogen-bond acceptors (Lipinski definition) is 3. The highest BCUT2D eigenvalue weighted by atomic mass is 19.1. The lowest BCUT2D eigenvalue weighted by atomic mass is 10.0. The average molecular weight is 415 g/mol. The van der Waals surface area contributed by atoms with Gasteiger partial charge in [-0.15, -0.1) is 0 Å². The minimum absolute atomic E-state index is 0.199. The second kappa shape index (κ2) is 8.83. The highest BCUT2D eigenvalue weighted by Crippen LogP contribution is 2.24. The largest absolute Gasteiger partial charge is 0.397 e. The van der Waals surface area contributed by atoms with Gasteiger partial charge in [0.15, 0.2) is 0 Å². The van der Waals surface area contributed by atoms with Crippen molar-refractivity contribution < 1.29 is 14.0 Å². The first-order valence-corrected chi connectivity index (χ1v) is 10.0. The quantitative estimate of drug-likeness (QED) is 0.315. The highest BCUT2D eigenvalue weighted by Gasteiger charge is 2.25. The normalized spacial score (nSPS) is 13.5. The predicted octanol–water partition coefficient (Wildman–Crippen LogP) is 4.48. The Morgan fingerprint density at radius 3 is 2.19 bits per heavy atom. The Kier molecular flexibility index (Phi) is 5.80. The van der Waals surface area contributed by atoms with Crippen LogP contribution in [0.2, 0.25) is 0 Å². The summed E-state index contributed by atoms with van der Waals surface area (Å²) in [5.41, 5.74) is 9.20. The van der Waals surface area contributed by atoms with Gasteiger partial charge in [0.25, 0.3) is 11.8 Å². The molecule has 0 unspecified atom stereocenters. The molecule has 3 aromatic carbocycles. The fourth-order valence-electron chi connectivity index (χ4n) is 3.10. The molecule has 0 aromatic heterocycles. The number of rotatable bonds is 6. The maximum atomic E-state index is 13.3. The number of halogens is 1. The summed E-state index contributed by atoms with van der Waals surface area (Å²) in [5, 5.41) is 5.76. The molecule has 0 radical (unpaired) electrons. The molecule has 3 aromatic rings. The van der Waals surface area contributed by atoms with Crippen molar-refractivity contribution in [1.29, 1.82) is 0 Å². The molecule has 0 spiro atoms. The topological polar surface area (TPSA) is 84.2 Å². The van der Waals surface area contributed by atoms with Crippen LogP contribution in [0.5, 0.6) is 0 Å². The van der Waals surface area contributed by atoms with E-state index in [1.807, 2.05) is 0 Å². The molecule has 6 heteroatoms. The summed E-state index contributed by atoms with van der Waals surface area (Å²) < 4.78 is 13.3. The number of anilines is 2. The fourth-order valence-corrected chi connectivity index (χ4v) is 3.10. The second-order valence-corrected chi connectivity index (χ2v) is 7.48. The third-order valence-corrected chi connectivity index (χ3v) is 5.01. The molecule has 4 N–H and O–H groups in total. The SMILES string of the molecule is Nc1ccccc1NC(=O)c1ccc(/C=C(\C(=O)NC2CC2)c2ccc(F)cc2)cc1. The molecule has 4 rings (SSSR count). The Bertz CT molecular complexity index is 1130. The van der Waals surface area contributed by atoms with E-state index in [0.717, 1.165) is 18.4 Å². The number of hydrogen-bond donors (Lipinski definition) is 3. The van der Waals surface area contributed by atoms with Crippen molar-refractivity contribution in [2.75, 3.05) is 11.1 Å². The maximum Gasteiger partial charge on any atom is 0.255 e. The number of carbonyl (C=O) groups is 2. The van der Waals surface area contributed by atoms with E-state index in [1.54, 1.807) is 66.7 Å². The lowest BCUT2D eigenvalue weighted by Gasteiger charge is -2.10. The molecule has 1 fully saturated rings. The fraction of sp³-hybridized carbons (Fsp3) is 0.120. The number of para-hydroxylation sites is 2. The summed E-state index contributed by atoms with van der Waals surface area (Å²) in [6, 6.07) is 20.0. The summed E-state index contributed by atoms with van der Waals surface area (Å²) in [6.45, 7) is 0. The molecule has 0 saturated heterocycles. The van der Waals surface area contributed by atoms with Crippen LogP contribution in [-0.2, 0) is 4.79 Å². The number of nitrogens with one attached hydrogen (secondary N) is 2. The minimum atomic E-state index is -0.361. The van der Waals surface area contributed by atoms with Crippen LogP contribution in [0, 0.1) is 5.82 Å². The van der Waals surface area contributed by atoms with Crippen molar-refractivity contribution in [1.82, 2.24) is 5.32 Å². The third kappa shape index (κ3) is 5.17. The van der Waals surface area contributed by atoms with Gasteiger partial charge in [-0.1, -0.05) is 36.4 Å². The number of nitrogens with two attached hydrogens (primary N) is 1. The van der Waals surface area contributed by atoms with Crippen molar-refractivity contribution in [3.05, 3.63) is 95.3 Å². The van der Waals surface area contributed by atoms with Crippen LogP contribution in [0.1, 0.15) is 34.3 Å². The van der Waals surface area contributed by atoms with Crippen molar-refractivity contribution in [3.63, 3.8) is 0 Å². The summed E-state index contributed by atoms with van der Waals surface area (Å²) in [6.07, 6.45) is 3.68. The Labute approximate surface area is 179 Å². The van der Waals surface area contributed by atoms with E-state index in [2.05, 4.69) is 10.6 Å². The standard InChI is InChI=1S/C25H22FN3O2/c26-19-11-9-17(10-12-19)21(25(31)28-20-13-14-20)15-16-5-7-18(8-6-16)24(30)29-23-4-2-1-3-22(23)27/h1-12,15,20H,13-14,27H2,(H,28,31)(H,29,30)/b21-15-. The first-order chi connectivity index (χ1) is 15.0. The number of nitrogen functional groups attached to an aromatic ring is 1. The van der Waals surface area contributed by atoms with Crippen molar-refractivity contribution in [2.24, 2.45) is 0 Å². The van der Waals surface area contributed by atoms with Gasteiger partial charge in [0.1, 0.15) is 5.82 Å². The van der Waals surface area contributed by atoms with E-state index < -0.39 is 0 Å². The third-order valence-electron chi connectivity index (χ3n) is 5.01. The van der Waals surface area contributed by atoms with E-state index in [4.69, 9.17) is 5.73 Å². The van der Waals surface area contributed by atoms with Crippen LogP contribution in [0.3, 0.4) is 0 Å². The molecule has 2 amide bonds. The van der Waals surface area contributed by atoms with Crippen LogP contribution >= 0.6 is 0 Å². The zero-order chi connectivity index (χ0) is 21.8. The smallest absolute Gasteiger partial charge is 0.255 e. The van der Waals surface area contributed by atoms with Gasteiger partial charge in [0.2, 0.25) is 0 Å². The Balaban J connectivity index is 1.56. The summed E-state index contributed by atoms with van der Waals surface area (Å²) in [7, 11) is 0. The Morgan fingerprint density at radius 2 is 1.55 bits per heavy atom. The predicted molar refractivity (Wildman–Crippen MR) is 121 cm³/mol. The average Bonchev–Trinajstić information content (AvgIpc) is 3.59. The van der Waals surface area contributed by atoms with Crippen LogP contribution in [0.15, 0.2) is 72.8 Å². The molecule has 0 heterocycles. The van der Waals surface area contributed by atoms with E-state index in [9.17, 15) is 14.0 Å². The van der Waals surface area contributed by atoms with E-state index >= 15 is 0 Å². The van der Waals surface area contributed by atoms with Crippen molar-refractivity contribution in [2.45, 2.75) is 18.9 Å². The van der Waals surface area contributed by atoms with E-state index in [0.29, 0.717) is 28.1 Å². The van der Waals surface area contributed by atoms with Gasteiger partial charge in [-0.05, 0) is 66.4 Å². The second-order valence-electron chi connectivity index (χ2n) is 7.48. The highest BCUT2D eigenvalue weighted by molar-refractivity contribution is 6.24. The zero-order valence-corrected chi connectivity index (χ0v) is 16.8. The van der Waals surface area contributed by atoms with E-state index in [1.165, 1.54) is 12.1 Å². The van der Waals surface area contributed by atoms with Crippen LogP contribution < -0.4 is 16.4 Å². The van der Waals surface area contributed by atoms with Crippen LogP contribution in [0.4, 0.5) is 15.8 Å². The lowest BCUT2D eigenvalue weighted by molar-refractivity contribution is -0.115. The molecule has 156 valence electrons. The Morgan fingerprint density at radius 1 is 0.903 bits per heavy atom. The Hall–Kier alpha value is -3.93. The van der Waals surface area contributed by atoms with Crippen molar-refractivity contribution in [3.8, 4) is 0 Å². The summed E-state index contributed by atoms with van der Waals surface area (Å²) >= 11 is 0. The van der Waals surface area contributed by atoms with Gasteiger partial charge >= 0.3 is 0 Å². The van der Waals surface area contributed by atoms with Crippen molar-refractivity contribution >= 4 is 34.8 Å². The molecule has 5 nitrogen and oxygen atoms in total. The van der Waals surface area contributed by atoms with Gasteiger partial charge in [-0.3, -0.25) is 9.59 Å². The molecule has 0 atom stereocenters. The maximum absolute atomic E-state index is 13.3. The van der Waals surface area contributed by atoms with Gasteiger partial charge < -0.3 is 16.4 Å². The summed E-state index contributed by atoms with van der Waals surface area (Å²) in [4.78, 5) is 25.3. The van der Waals surface area contributed by atoms with Gasteiger partial charge in [0.05, 0.1) is 11.4 Å². The number of amides is 2. The molecule has 0 bridgehead atoms. The van der Waals surface area contributed by atoms with Crippen LogP contribution in [0.25, 0.3) is 11.6 Å². The molecule has 1 aliphatic rings. The number of benzene rings is 3. The van der Waals surface area contributed by atoms with Gasteiger partial charge in [-0.2, -0.15) is 0 Å². The number of carbonyl (C=O) groups excluding carboxylic acids is 2. The first-order valence-electron chi connectivity index (χ1n) is 10.0. The van der Waals surface area contributed by atoms with Gasteiger partial charge in [0, 0.05) is 17.2 Å². The summed E-state index contributed by atoms with van der Waals surface area (Å²) in [5.74, 6) is -0.839. The molecule has 1 saturated carbocycles. The monoisotopic (exact) mass is 415 g/mol. The minimum Gasteiger partial charge on any atom is -0.397 e. The van der Waals surface area contributed by atoms with Crippen LogP contribution in [-0.4, -0.2) is 17.9 Å². The molecular formula is C25H22FN3O2. The first kappa shape index (κ1) is 20.3. The lowest BCUT2D eigenvalue weighted by Crippen LogP contribution is -2.26. The molecular weight excluding hydrogens is 393 g/mol. The molecule has 31 heavy (non-hydrogen) atoms.